The maximum absolute atomic E-state index is 14.6. The molecule has 2 heterocycles. The summed E-state index contributed by atoms with van der Waals surface area (Å²) in [4.78, 5) is 32.0. The molecule has 0 aliphatic carbocycles. The maximum Gasteiger partial charge on any atom is 0.407 e. The van der Waals surface area contributed by atoms with E-state index < -0.39 is 17.5 Å². The predicted molar refractivity (Wildman–Crippen MR) is 127 cm³/mol. The van der Waals surface area contributed by atoms with Crippen molar-refractivity contribution in [3.05, 3.63) is 64.4 Å². The number of carbonyl (C=O) groups is 2. The number of fused-ring (bicyclic) bond motifs is 1. The fraction of sp³-hybridized carbons (Fsp3) is 0.320. The summed E-state index contributed by atoms with van der Waals surface area (Å²) >= 11 is 6.47. The monoisotopic (exact) mass is 485 g/mol. The van der Waals surface area contributed by atoms with Crippen LogP contribution in [0.2, 0.25) is 5.02 Å². The molecule has 9 heteroatoms. The van der Waals surface area contributed by atoms with Crippen LogP contribution in [0.1, 0.15) is 36.7 Å². The van der Waals surface area contributed by atoms with Gasteiger partial charge in [0.05, 0.1) is 21.8 Å². The number of halogens is 2. The Balaban J connectivity index is 1.66. The lowest BCUT2D eigenvalue weighted by Crippen LogP contribution is -2.55. The summed E-state index contributed by atoms with van der Waals surface area (Å²) in [5.41, 5.74) is 0.676. The molecule has 1 aliphatic rings. The van der Waals surface area contributed by atoms with E-state index in [-0.39, 0.29) is 24.1 Å². The van der Waals surface area contributed by atoms with Gasteiger partial charge in [-0.15, -0.1) is 0 Å². The van der Waals surface area contributed by atoms with Crippen LogP contribution >= 0.6 is 11.6 Å². The number of carboxylic acid groups (broad SMARTS) is 1. The summed E-state index contributed by atoms with van der Waals surface area (Å²) in [6.45, 7) is 5.63. The van der Waals surface area contributed by atoms with Crippen molar-refractivity contribution in [1.29, 1.82) is 0 Å². The number of hydrogen-bond donors (Lipinski definition) is 2. The lowest BCUT2D eigenvalue weighted by Gasteiger charge is -2.38. The fourth-order valence-corrected chi connectivity index (χ4v) is 4.51. The Bertz CT molecular complexity index is 1290. The van der Waals surface area contributed by atoms with Crippen molar-refractivity contribution in [2.45, 2.75) is 32.4 Å². The van der Waals surface area contributed by atoms with E-state index in [1.165, 1.54) is 30.9 Å². The zero-order chi connectivity index (χ0) is 24.8. The Morgan fingerprint density at radius 3 is 2.50 bits per heavy atom. The summed E-state index contributed by atoms with van der Waals surface area (Å²) in [6.07, 6.45) is -0.997. The van der Waals surface area contributed by atoms with E-state index in [1.807, 2.05) is 0 Å². The molecule has 0 radical (unpaired) electrons. The number of aromatic nitrogens is 1. The van der Waals surface area contributed by atoms with Crippen LogP contribution in [-0.4, -0.2) is 62.7 Å². The second-order valence-corrected chi connectivity index (χ2v) is 9.46. The Hall–Kier alpha value is -3.23. The first-order valence-electron chi connectivity index (χ1n) is 10.9. The molecule has 1 saturated heterocycles. The van der Waals surface area contributed by atoms with E-state index in [0.29, 0.717) is 45.8 Å². The minimum absolute atomic E-state index is 0.174. The lowest BCUT2D eigenvalue weighted by atomic mass is 9.95. The highest BCUT2D eigenvalue weighted by molar-refractivity contribution is 6.35. The summed E-state index contributed by atoms with van der Waals surface area (Å²) in [5.74, 6) is -0.774. The van der Waals surface area contributed by atoms with Gasteiger partial charge in [0.2, 0.25) is 0 Å². The fourth-order valence-electron chi connectivity index (χ4n) is 4.25. The number of hydrogen-bond acceptors (Lipinski definition) is 4. The number of piperazine rings is 1. The van der Waals surface area contributed by atoms with Crippen molar-refractivity contribution in [3.63, 3.8) is 0 Å². The largest absolute Gasteiger partial charge is 0.465 e. The second-order valence-electron chi connectivity index (χ2n) is 9.05. The van der Waals surface area contributed by atoms with Gasteiger partial charge in [0.25, 0.3) is 5.91 Å². The quantitative estimate of drug-likeness (QED) is 0.558. The van der Waals surface area contributed by atoms with Crippen LogP contribution in [0.15, 0.2) is 42.5 Å². The molecule has 3 aromatic rings. The molecule has 1 fully saturated rings. The van der Waals surface area contributed by atoms with Crippen molar-refractivity contribution in [1.82, 2.24) is 14.8 Å². The zero-order valence-electron chi connectivity index (χ0n) is 19.0. The van der Waals surface area contributed by atoms with Crippen molar-refractivity contribution in [2.75, 3.05) is 19.6 Å². The van der Waals surface area contributed by atoms with E-state index in [2.05, 4.69) is 4.98 Å². The number of amides is 2. The Morgan fingerprint density at radius 1 is 1.15 bits per heavy atom. The SMILES string of the molecule is C[C@@H]1CN(C(=O)c2ccc3c(Cl)cc(-c4ccc(C(C)(C)O)c(F)c4)nc3c2)CCN1C(=O)O. The van der Waals surface area contributed by atoms with Gasteiger partial charge in [0, 0.05) is 47.8 Å². The molecule has 1 atom stereocenters. The number of pyridine rings is 1. The first-order chi connectivity index (χ1) is 16.0. The third-order valence-corrected chi connectivity index (χ3v) is 6.40. The van der Waals surface area contributed by atoms with Gasteiger partial charge in [-0.3, -0.25) is 4.79 Å². The average Bonchev–Trinajstić information content (AvgIpc) is 2.76. The zero-order valence-corrected chi connectivity index (χ0v) is 19.8. The highest BCUT2D eigenvalue weighted by atomic mass is 35.5. The Labute approximate surface area is 201 Å². The van der Waals surface area contributed by atoms with Gasteiger partial charge < -0.3 is 20.0 Å². The summed E-state index contributed by atoms with van der Waals surface area (Å²) in [6, 6.07) is 10.8. The van der Waals surface area contributed by atoms with Gasteiger partial charge in [-0.2, -0.15) is 0 Å². The topological polar surface area (TPSA) is 94.0 Å². The van der Waals surface area contributed by atoms with Crippen LogP contribution < -0.4 is 0 Å². The third-order valence-electron chi connectivity index (χ3n) is 6.09. The number of rotatable bonds is 3. The molecule has 1 aromatic heterocycles. The number of benzene rings is 2. The summed E-state index contributed by atoms with van der Waals surface area (Å²) < 4.78 is 14.6. The van der Waals surface area contributed by atoms with Crippen LogP contribution in [-0.2, 0) is 5.60 Å². The molecule has 0 spiro atoms. The van der Waals surface area contributed by atoms with E-state index in [1.54, 1.807) is 42.2 Å². The smallest absolute Gasteiger partial charge is 0.407 e. The number of aliphatic hydroxyl groups is 1. The van der Waals surface area contributed by atoms with Crippen molar-refractivity contribution in [2.24, 2.45) is 0 Å². The third kappa shape index (κ3) is 4.56. The van der Waals surface area contributed by atoms with E-state index >= 15 is 0 Å². The molecule has 2 aromatic carbocycles. The molecule has 1 aliphatic heterocycles. The number of carbonyl (C=O) groups excluding carboxylic acids is 1. The Morgan fingerprint density at radius 2 is 1.88 bits per heavy atom. The summed E-state index contributed by atoms with van der Waals surface area (Å²) in [5, 5.41) is 20.4. The molecular weight excluding hydrogens is 461 g/mol. The molecule has 0 saturated carbocycles. The van der Waals surface area contributed by atoms with E-state index in [9.17, 15) is 24.2 Å². The van der Waals surface area contributed by atoms with Crippen LogP contribution in [0.3, 0.4) is 0 Å². The number of nitrogens with zero attached hydrogens (tertiary/aromatic N) is 3. The van der Waals surface area contributed by atoms with Crippen molar-refractivity contribution < 1.29 is 24.2 Å². The average molecular weight is 486 g/mol. The van der Waals surface area contributed by atoms with Crippen molar-refractivity contribution >= 4 is 34.5 Å². The molecular formula is C25H25ClFN3O4. The molecule has 7 nitrogen and oxygen atoms in total. The molecule has 2 amide bonds. The summed E-state index contributed by atoms with van der Waals surface area (Å²) in [7, 11) is 0. The Kier molecular flexibility index (Phi) is 6.22. The first kappa shape index (κ1) is 23.9. The molecule has 2 N–H and O–H groups in total. The molecule has 0 bridgehead atoms. The van der Waals surface area contributed by atoms with Crippen LogP contribution in [0, 0.1) is 5.82 Å². The van der Waals surface area contributed by atoms with Crippen molar-refractivity contribution in [3.8, 4) is 11.3 Å². The molecule has 34 heavy (non-hydrogen) atoms. The normalized spacial score (nSPS) is 16.7. The van der Waals surface area contributed by atoms with Crippen LogP contribution in [0.25, 0.3) is 22.2 Å². The molecule has 4 rings (SSSR count). The van der Waals surface area contributed by atoms with Gasteiger partial charge in [0.1, 0.15) is 5.82 Å². The minimum Gasteiger partial charge on any atom is -0.465 e. The first-order valence-corrected chi connectivity index (χ1v) is 11.3. The van der Waals surface area contributed by atoms with Gasteiger partial charge in [0.15, 0.2) is 0 Å². The second kappa shape index (κ2) is 8.85. The highest BCUT2D eigenvalue weighted by Crippen LogP contribution is 2.31. The lowest BCUT2D eigenvalue weighted by molar-refractivity contribution is 0.0507. The van der Waals surface area contributed by atoms with Gasteiger partial charge in [-0.05, 0) is 45.0 Å². The minimum atomic E-state index is -1.32. The highest BCUT2D eigenvalue weighted by Gasteiger charge is 2.30. The molecule has 178 valence electrons. The predicted octanol–water partition coefficient (Wildman–Crippen LogP) is 4.75. The standard InChI is InChI=1S/C25H25ClFN3O4/c1-14-13-29(8-9-30(14)24(32)33)23(31)16-4-6-17-19(26)12-21(28-22(17)11-16)15-5-7-18(20(27)10-15)25(2,3)34/h4-7,10-12,14,34H,8-9,13H2,1-3H3,(H,32,33)/t14-/m1/s1. The van der Waals surface area contributed by atoms with E-state index in [0.717, 1.165) is 0 Å². The molecule has 0 unspecified atom stereocenters. The van der Waals surface area contributed by atoms with Gasteiger partial charge >= 0.3 is 6.09 Å². The maximum atomic E-state index is 14.6. The van der Waals surface area contributed by atoms with Crippen LogP contribution in [0.5, 0.6) is 0 Å². The van der Waals surface area contributed by atoms with E-state index in [4.69, 9.17) is 11.6 Å². The van der Waals surface area contributed by atoms with Crippen LogP contribution in [0.4, 0.5) is 9.18 Å². The van der Waals surface area contributed by atoms with Gasteiger partial charge in [-0.25, -0.2) is 14.2 Å². The van der Waals surface area contributed by atoms with Gasteiger partial charge in [-0.1, -0.05) is 29.8 Å².